The van der Waals surface area contributed by atoms with Crippen molar-refractivity contribution in [1.82, 2.24) is 0 Å². The third kappa shape index (κ3) is 10.0. The van der Waals surface area contributed by atoms with Crippen LogP contribution in [-0.2, 0) is 23.9 Å². The third-order valence-corrected chi connectivity index (χ3v) is 7.88. The predicted octanol–water partition coefficient (Wildman–Crippen LogP) is 6.23. The van der Waals surface area contributed by atoms with Crippen molar-refractivity contribution in [2.75, 3.05) is 0 Å². The zero-order valence-corrected chi connectivity index (χ0v) is 26.2. The van der Waals surface area contributed by atoms with Crippen LogP contribution in [0.25, 0.3) is 0 Å². The summed E-state index contributed by atoms with van der Waals surface area (Å²) in [6.07, 6.45) is 0.559. The fourth-order valence-electron chi connectivity index (χ4n) is 3.86. The van der Waals surface area contributed by atoms with Gasteiger partial charge in [-0.25, -0.2) is 4.79 Å². The van der Waals surface area contributed by atoms with Crippen molar-refractivity contribution in [3.8, 4) is 11.5 Å². The number of benzene rings is 1. The molecule has 0 aliphatic heterocycles. The summed E-state index contributed by atoms with van der Waals surface area (Å²) in [6, 6.07) is 3.10. The molecule has 0 spiro atoms. The molecule has 232 valence electrons. The molecule has 10 heteroatoms. The zero-order valence-electron chi connectivity index (χ0n) is 26.2. The lowest BCUT2D eigenvalue weighted by Gasteiger charge is -2.32. The van der Waals surface area contributed by atoms with Gasteiger partial charge in [0.15, 0.2) is 11.5 Å². The van der Waals surface area contributed by atoms with Crippen molar-refractivity contribution in [2.45, 2.75) is 119 Å². The summed E-state index contributed by atoms with van der Waals surface area (Å²) in [5.41, 5.74) is 4.94. The summed E-state index contributed by atoms with van der Waals surface area (Å²) in [5.74, 6) is -3.81. The van der Waals surface area contributed by atoms with Gasteiger partial charge in [0.2, 0.25) is 0 Å². The van der Waals surface area contributed by atoms with E-state index in [0.717, 1.165) is 6.42 Å². The molecule has 0 radical (unpaired) electrons. The van der Waals surface area contributed by atoms with Crippen LogP contribution in [0.1, 0.15) is 106 Å². The first kappa shape index (κ1) is 35.9. The smallest absolute Gasteiger partial charge is 0.480 e. The van der Waals surface area contributed by atoms with Crippen LogP contribution in [0.5, 0.6) is 11.5 Å². The Morgan fingerprint density at radius 1 is 0.854 bits per heavy atom. The molecule has 0 aromatic heterocycles. The molecular formula is C31H49NO9. The highest BCUT2D eigenvalue weighted by Crippen LogP contribution is 2.39. The maximum absolute atomic E-state index is 13.0. The number of aliphatic carboxylic acids is 1. The number of hydrogen-bond acceptors (Lipinski definition) is 9. The summed E-state index contributed by atoms with van der Waals surface area (Å²) < 4.78 is 22.2. The highest BCUT2D eigenvalue weighted by Gasteiger charge is 2.37. The normalized spacial score (nSPS) is 15.6. The van der Waals surface area contributed by atoms with Gasteiger partial charge in [0.05, 0.1) is 10.8 Å². The fourth-order valence-corrected chi connectivity index (χ4v) is 3.86. The Morgan fingerprint density at radius 3 is 1.83 bits per heavy atom. The molecule has 0 amide bonds. The first-order valence-electron chi connectivity index (χ1n) is 14.4. The van der Waals surface area contributed by atoms with Gasteiger partial charge >= 0.3 is 24.1 Å². The molecule has 0 saturated heterocycles. The standard InChI is InChI=1S/C31H49NO9/c1-11-14-18(4)38-29(37)39-20(6)19(5)24(25(32)26(33)34)21-15-16-22(40-27(35)30(7,8)12-2)23(17-21)41-28(36)31(9,10)13-3/h15-20,24-25H,11-14,32H2,1-10H3,(H,33,34)/t18?,19?,20?,24?,25-/m0/s1. The highest BCUT2D eigenvalue weighted by molar-refractivity contribution is 5.82. The van der Waals surface area contributed by atoms with Gasteiger partial charge in [-0.05, 0) is 78.5 Å². The molecule has 1 aromatic rings. The van der Waals surface area contributed by atoms with Crippen molar-refractivity contribution in [2.24, 2.45) is 22.5 Å². The van der Waals surface area contributed by atoms with E-state index in [1.165, 1.54) is 12.1 Å². The predicted molar refractivity (Wildman–Crippen MR) is 155 cm³/mol. The SMILES string of the molecule is CCCC(C)OC(=O)OC(C)C(C)C(c1ccc(OC(=O)C(C)(C)CC)c(OC(=O)C(C)(C)CC)c1)[C@H](N)C(=O)O. The molecule has 0 fully saturated rings. The van der Waals surface area contributed by atoms with Gasteiger partial charge in [0.25, 0.3) is 0 Å². The lowest BCUT2D eigenvalue weighted by Crippen LogP contribution is -2.43. The van der Waals surface area contributed by atoms with Gasteiger partial charge in [0.1, 0.15) is 18.2 Å². The van der Waals surface area contributed by atoms with E-state index in [1.54, 1.807) is 54.5 Å². The fraction of sp³-hybridized carbons (Fsp3) is 0.677. The molecule has 10 nitrogen and oxygen atoms in total. The largest absolute Gasteiger partial charge is 0.508 e. The second-order valence-corrected chi connectivity index (χ2v) is 12.0. The summed E-state index contributed by atoms with van der Waals surface area (Å²) >= 11 is 0. The number of carboxylic acids is 1. The van der Waals surface area contributed by atoms with Gasteiger partial charge in [-0.1, -0.05) is 40.2 Å². The lowest BCUT2D eigenvalue weighted by molar-refractivity contribution is -0.147. The van der Waals surface area contributed by atoms with Gasteiger partial charge in [0, 0.05) is 11.8 Å². The molecule has 0 saturated carbocycles. The van der Waals surface area contributed by atoms with Crippen LogP contribution in [0.2, 0.25) is 0 Å². The number of esters is 2. The molecule has 1 aromatic carbocycles. The Morgan fingerprint density at radius 2 is 1.37 bits per heavy atom. The van der Waals surface area contributed by atoms with Crippen LogP contribution in [-0.4, -0.2) is 47.4 Å². The molecular weight excluding hydrogens is 530 g/mol. The summed E-state index contributed by atoms with van der Waals surface area (Å²) in [7, 11) is 0. The van der Waals surface area contributed by atoms with Crippen LogP contribution >= 0.6 is 0 Å². The van der Waals surface area contributed by atoms with E-state index in [2.05, 4.69) is 0 Å². The minimum atomic E-state index is -1.39. The van der Waals surface area contributed by atoms with E-state index in [1.807, 2.05) is 20.8 Å². The minimum absolute atomic E-state index is 0.0219. The molecule has 0 aliphatic rings. The maximum Gasteiger partial charge on any atom is 0.508 e. The molecule has 4 unspecified atom stereocenters. The number of nitrogens with two attached hydrogens (primary N) is 1. The Balaban J connectivity index is 3.53. The molecule has 0 bridgehead atoms. The first-order chi connectivity index (χ1) is 18.9. The molecule has 1 rings (SSSR count). The molecule has 3 N–H and O–H groups in total. The second-order valence-electron chi connectivity index (χ2n) is 12.0. The zero-order chi connectivity index (χ0) is 31.7. The minimum Gasteiger partial charge on any atom is -0.480 e. The molecule has 0 heterocycles. The van der Waals surface area contributed by atoms with Crippen LogP contribution in [0.3, 0.4) is 0 Å². The Kier molecular flexibility index (Phi) is 13.3. The van der Waals surface area contributed by atoms with Crippen molar-refractivity contribution in [3.05, 3.63) is 23.8 Å². The summed E-state index contributed by atoms with van der Waals surface area (Å²) in [6.45, 7) is 17.7. The number of carboxylic acid groups (broad SMARTS) is 1. The Labute approximate surface area is 244 Å². The topological polar surface area (TPSA) is 151 Å². The quantitative estimate of drug-likeness (QED) is 0.181. The first-order valence-corrected chi connectivity index (χ1v) is 14.4. The third-order valence-electron chi connectivity index (χ3n) is 7.88. The second kappa shape index (κ2) is 15.2. The monoisotopic (exact) mass is 579 g/mol. The lowest BCUT2D eigenvalue weighted by atomic mass is 9.79. The number of hydrogen-bond donors (Lipinski definition) is 2. The number of carbonyl (C=O) groups is 4. The van der Waals surface area contributed by atoms with Gasteiger partial charge in [-0.3, -0.25) is 14.4 Å². The van der Waals surface area contributed by atoms with Crippen LogP contribution in [0, 0.1) is 16.7 Å². The van der Waals surface area contributed by atoms with Gasteiger partial charge in [-0.15, -0.1) is 0 Å². The van der Waals surface area contributed by atoms with Crippen LogP contribution < -0.4 is 15.2 Å². The maximum atomic E-state index is 13.0. The Hall–Kier alpha value is -3.14. The number of ether oxygens (including phenoxy) is 4. The summed E-state index contributed by atoms with van der Waals surface area (Å²) in [5, 5.41) is 9.84. The van der Waals surface area contributed by atoms with Crippen molar-refractivity contribution < 1.29 is 43.2 Å². The van der Waals surface area contributed by atoms with E-state index >= 15 is 0 Å². The Bertz CT molecular complexity index is 1070. The molecule has 5 atom stereocenters. The number of rotatable bonds is 15. The van der Waals surface area contributed by atoms with Crippen molar-refractivity contribution in [1.29, 1.82) is 0 Å². The van der Waals surface area contributed by atoms with E-state index < -0.39 is 58.9 Å². The van der Waals surface area contributed by atoms with Gasteiger partial charge < -0.3 is 29.8 Å². The average molecular weight is 580 g/mol. The van der Waals surface area contributed by atoms with E-state index in [-0.39, 0.29) is 17.6 Å². The molecule has 41 heavy (non-hydrogen) atoms. The van der Waals surface area contributed by atoms with Crippen molar-refractivity contribution in [3.63, 3.8) is 0 Å². The van der Waals surface area contributed by atoms with E-state index in [0.29, 0.717) is 24.8 Å². The average Bonchev–Trinajstić information content (AvgIpc) is 2.89. The van der Waals surface area contributed by atoms with Crippen LogP contribution in [0.15, 0.2) is 18.2 Å². The van der Waals surface area contributed by atoms with E-state index in [4.69, 9.17) is 24.7 Å². The highest BCUT2D eigenvalue weighted by atomic mass is 16.7. The van der Waals surface area contributed by atoms with E-state index in [9.17, 15) is 24.3 Å². The number of carbonyl (C=O) groups excluding carboxylic acids is 3. The summed E-state index contributed by atoms with van der Waals surface area (Å²) in [4.78, 5) is 50.3. The van der Waals surface area contributed by atoms with Crippen LogP contribution in [0.4, 0.5) is 4.79 Å². The van der Waals surface area contributed by atoms with Crippen molar-refractivity contribution >= 4 is 24.1 Å². The molecule has 0 aliphatic carbocycles. The van der Waals surface area contributed by atoms with Gasteiger partial charge in [-0.2, -0.15) is 0 Å².